The molecule has 1 N–H and O–H groups in total. The van der Waals surface area contributed by atoms with Gasteiger partial charge in [-0.05, 0) is 17.7 Å². The van der Waals surface area contributed by atoms with Crippen molar-refractivity contribution >= 4 is 16.9 Å². The molecule has 0 fully saturated rings. The summed E-state index contributed by atoms with van der Waals surface area (Å²) in [6.45, 7) is 0.626. The molecule has 1 heterocycles. The Labute approximate surface area is 128 Å². The fourth-order valence-corrected chi connectivity index (χ4v) is 2.42. The second kappa shape index (κ2) is 6.45. The monoisotopic (exact) mass is 295 g/mol. The first-order chi connectivity index (χ1) is 10.8. The van der Waals surface area contributed by atoms with Gasteiger partial charge in [-0.2, -0.15) is 0 Å². The van der Waals surface area contributed by atoms with E-state index in [2.05, 4.69) is 0 Å². The number of fused-ring (bicyclic) bond motifs is 1. The number of hydrogen-bond acceptors (Lipinski definition) is 3. The first-order valence-corrected chi connectivity index (χ1v) is 7.20. The first kappa shape index (κ1) is 14.4. The summed E-state index contributed by atoms with van der Waals surface area (Å²) in [6.07, 6.45) is 0. The number of aliphatic hydroxyl groups is 1. The van der Waals surface area contributed by atoms with Crippen molar-refractivity contribution in [1.82, 2.24) is 4.90 Å². The molecule has 0 saturated carbocycles. The maximum atomic E-state index is 12.6. The second-order valence-corrected chi connectivity index (χ2v) is 5.08. The largest absolute Gasteiger partial charge is 0.451 e. The molecule has 1 amide bonds. The quantitative estimate of drug-likeness (QED) is 0.787. The van der Waals surface area contributed by atoms with Crippen molar-refractivity contribution in [3.05, 3.63) is 72.0 Å². The van der Waals surface area contributed by atoms with Gasteiger partial charge in [0.15, 0.2) is 5.76 Å². The number of benzene rings is 2. The van der Waals surface area contributed by atoms with Gasteiger partial charge in [0, 0.05) is 18.5 Å². The minimum absolute atomic E-state index is 0.0845. The van der Waals surface area contributed by atoms with Gasteiger partial charge < -0.3 is 14.4 Å². The van der Waals surface area contributed by atoms with Gasteiger partial charge in [0.2, 0.25) is 0 Å². The molecule has 1 aromatic heterocycles. The van der Waals surface area contributed by atoms with E-state index in [1.807, 2.05) is 54.6 Å². The Balaban J connectivity index is 1.85. The summed E-state index contributed by atoms with van der Waals surface area (Å²) >= 11 is 0. The lowest BCUT2D eigenvalue weighted by Crippen LogP contribution is -2.32. The number of amides is 1. The summed E-state index contributed by atoms with van der Waals surface area (Å²) in [5, 5.41) is 10.1. The van der Waals surface area contributed by atoms with Gasteiger partial charge in [-0.1, -0.05) is 48.5 Å². The Morgan fingerprint density at radius 1 is 1.05 bits per heavy atom. The van der Waals surface area contributed by atoms with E-state index in [0.29, 0.717) is 17.9 Å². The zero-order chi connectivity index (χ0) is 15.4. The topological polar surface area (TPSA) is 53.7 Å². The van der Waals surface area contributed by atoms with Crippen LogP contribution < -0.4 is 0 Å². The molecule has 0 aliphatic heterocycles. The third-order valence-corrected chi connectivity index (χ3v) is 3.51. The average molecular weight is 295 g/mol. The van der Waals surface area contributed by atoms with Crippen molar-refractivity contribution in [1.29, 1.82) is 0 Å². The molecule has 2 aromatic carbocycles. The number of hydrogen-bond donors (Lipinski definition) is 1. The molecule has 4 heteroatoms. The third-order valence-electron chi connectivity index (χ3n) is 3.51. The van der Waals surface area contributed by atoms with Gasteiger partial charge in [-0.15, -0.1) is 0 Å². The summed E-state index contributed by atoms with van der Waals surface area (Å²) in [6, 6.07) is 19.0. The molecular formula is C18H17NO3. The van der Waals surface area contributed by atoms with Gasteiger partial charge >= 0.3 is 0 Å². The number of nitrogens with zero attached hydrogens (tertiary/aromatic N) is 1. The van der Waals surface area contributed by atoms with Crippen LogP contribution >= 0.6 is 0 Å². The van der Waals surface area contributed by atoms with E-state index in [1.54, 1.807) is 11.0 Å². The van der Waals surface area contributed by atoms with E-state index in [1.165, 1.54) is 0 Å². The minimum Gasteiger partial charge on any atom is -0.451 e. The molecule has 0 unspecified atom stereocenters. The Kier molecular flexibility index (Phi) is 4.21. The SMILES string of the molecule is O=C(c1cc2ccccc2o1)N(CCO)Cc1ccccc1. The smallest absolute Gasteiger partial charge is 0.289 e. The van der Waals surface area contributed by atoms with Crippen LogP contribution in [0.1, 0.15) is 16.1 Å². The average Bonchev–Trinajstić information content (AvgIpc) is 2.99. The zero-order valence-corrected chi connectivity index (χ0v) is 12.1. The Bertz CT molecular complexity index is 731. The number of para-hydroxylation sites is 1. The Morgan fingerprint density at radius 3 is 2.50 bits per heavy atom. The zero-order valence-electron chi connectivity index (χ0n) is 12.1. The van der Waals surface area contributed by atoms with E-state index < -0.39 is 0 Å². The predicted molar refractivity (Wildman–Crippen MR) is 84.5 cm³/mol. The van der Waals surface area contributed by atoms with Crippen molar-refractivity contribution < 1.29 is 14.3 Å². The van der Waals surface area contributed by atoms with Crippen LogP contribution in [0.2, 0.25) is 0 Å². The molecule has 0 spiro atoms. The number of furan rings is 1. The van der Waals surface area contributed by atoms with Crippen molar-refractivity contribution in [3.63, 3.8) is 0 Å². The molecule has 0 atom stereocenters. The highest BCUT2D eigenvalue weighted by atomic mass is 16.3. The van der Waals surface area contributed by atoms with Crippen LogP contribution in [0, 0.1) is 0 Å². The maximum Gasteiger partial charge on any atom is 0.289 e. The van der Waals surface area contributed by atoms with Gasteiger partial charge in [-0.25, -0.2) is 0 Å². The number of rotatable bonds is 5. The van der Waals surface area contributed by atoms with Crippen LogP contribution in [0.4, 0.5) is 0 Å². The summed E-state index contributed by atoms with van der Waals surface area (Å²) < 4.78 is 5.62. The van der Waals surface area contributed by atoms with Crippen molar-refractivity contribution in [2.75, 3.05) is 13.2 Å². The van der Waals surface area contributed by atoms with Crippen LogP contribution in [0.3, 0.4) is 0 Å². The normalized spacial score (nSPS) is 10.8. The predicted octanol–water partition coefficient (Wildman–Crippen LogP) is 3.07. The third kappa shape index (κ3) is 3.02. The van der Waals surface area contributed by atoms with Gasteiger partial charge in [0.1, 0.15) is 5.58 Å². The van der Waals surface area contributed by atoms with E-state index in [4.69, 9.17) is 4.42 Å². The second-order valence-electron chi connectivity index (χ2n) is 5.08. The Hall–Kier alpha value is -2.59. The fraction of sp³-hybridized carbons (Fsp3) is 0.167. The maximum absolute atomic E-state index is 12.6. The van der Waals surface area contributed by atoms with Crippen molar-refractivity contribution in [2.45, 2.75) is 6.54 Å². The molecule has 3 rings (SSSR count). The summed E-state index contributed by atoms with van der Waals surface area (Å²) in [5.74, 6) is 0.0830. The summed E-state index contributed by atoms with van der Waals surface area (Å²) in [5.41, 5.74) is 1.70. The lowest BCUT2D eigenvalue weighted by atomic mass is 10.2. The molecule has 0 aliphatic carbocycles. The van der Waals surface area contributed by atoms with Crippen molar-refractivity contribution in [3.8, 4) is 0 Å². The van der Waals surface area contributed by atoms with Crippen LogP contribution in [-0.4, -0.2) is 29.1 Å². The van der Waals surface area contributed by atoms with E-state index in [9.17, 15) is 9.90 Å². The van der Waals surface area contributed by atoms with Gasteiger partial charge in [0.05, 0.1) is 6.61 Å². The van der Waals surface area contributed by atoms with Gasteiger partial charge in [0.25, 0.3) is 5.91 Å². The molecule has 0 radical (unpaired) electrons. The lowest BCUT2D eigenvalue weighted by molar-refractivity contribution is 0.0678. The molecular weight excluding hydrogens is 278 g/mol. The van der Waals surface area contributed by atoms with Gasteiger partial charge in [-0.3, -0.25) is 4.79 Å². The lowest BCUT2D eigenvalue weighted by Gasteiger charge is -2.20. The van der Waals surface area contributed by atoms with Crippen LogP contribution in [-0.2, 0) is 6.54 Å². The molecule has 0 aliphatic rings. The highest BCUT2D eigenvalue weighted by molar-refractivity contribution is 5.96. The summed E-state index contributed by atoms with van der Waals surface area (Å²) in [7, 11) is 0. The molecule has 0 saturated heterocycles. The Morgan fingerprint density at radius 2 is 1.77 bits per heavy atom. The number of carbonyl (C=O) groups is 1. The van der Waals surface area contributed by atoms with Crippen molar-refractivity contribution in [2.24, 2.45) is 0 Å². The standard InChI is InChI=1S/C18H17NO3/c20-11-10-19(13-14-6-2-1-3-7-14)18(21)17-12-15-8-4-5-9-16(15)22-17/h1-9,12,20H,10-11,13H2. The van der Waals surface area contributed by atoms with Crippen LogP contribution in [0.15, 0.2) is 65.1 Å². The molecule has 3 aromatic rings. The molecule has 0 bridgehead atoms. The molecule has 4 nitrogen and oxygen atoms in total. The highest BCUT2D eigenvalue weighted by Crippen LogP contribution is 2.20. The minimum atomic E-state index is -0.214. The van der Waals surface area contributed by atoms with E-state index in [0.717, 1.165) is 10.9 Å². The van der Waals surface area contributed by atoms with Crippen LogP contribution in [0.5, 0.6) is 0 Å². The molecule has 22 heavy (non-hydrogen) atoms. The first-order valence-electron chi connectivity index (χ1n) is 7.20. The van der Waals surface area contributed by atoms with E-state index >= 15 is 0 Å². The van der Waals surface area contributed by atoms with Crippen LogP contribution in [0.25, 0.3) is 11.0 Å². The fourth-order valence-electron chi connectivity index (χ4n) is 2.42. The summed E-state index contributed by atoms with van der Waals surface area (Å²) in [4.78, 5) is 14.2. The highest BCUT2D eigenvalue weighted by Gasteiger charge is 2.19. The van der Waals surface area contributed by atoms with E-state index in [-0.39, 0.29) is 19.1 Å². The molecule has 112 valence electrons. The number of carbonyl (C=O) groups excluding carboxylic acids is 1. The number of aliphatic hydroxyl groups excluding tert-OH is 1.